The van der Waals surface area contributed by atoms with Crippen molar-refractivity contribution in [3.63, 3.8) is 0 Å². The average molecular weight is 318 g/mol. The summed E-state index contributed by atoms with van der Waals surface area (Å²) in [5.74, 6) is 0.742. The van der Waals surface area contributed by atoms with Gasteiger partial charge in [-0.1, -0.05) is 20.4 Å². The highest BCUT2D eigenvalue weighted by atomic mass is 16.6. The lowest BCUT2D eigenvalue weighted by atomic mass is 9.52. The van der Waals surface area contributed by atoms with E-state index < -0.39 is 11.7 Å². The van der Waals surface area contributed by atoms with Gasteiger partial charge in [-0.3, -0.25) is 0 Å². The van der Waals surface area contributed by atoms with Gasteiger partial charge in [0.2, 0.25) is 0 Å². The van der Waals surface area contributed by atoms with Gasteiger partial charge in [-0.15, -0.1) is 0 Å². The van der Waals surface area contributed by atoms with Gasteiger partial charge in [-0.05, 0) is 43.7 Å². The van der Waals surface area contributed by atoms with Gasteiger partial charge in [0.1, 0.15) is 11.4 Å². The van der Waals surface area contributed by atoms with Crippen molar-refractivity contribution in [1.29, 1.82) is 0 Å². The summed E-state index contributed by atoms with van der Waals surface area (Å²) in [6.07, 6.45) is 3.82. The van der Waals surface area contributed by atoms with Crippen LogP contribution < -0.4 is 0 Å². The van der Waals surface area contributed by atoms with E-state index in [9.17, 15) is 9.90 Å². The van der Waals surface area contributed by atoms with Crippen LogP contribution in [-0.4, -0.2) is 22.8 Å². The second-order valence-electron chi connectivity index (χ2n) is 7.75. The molecular weight excluding hydrogens is 292 g/mol. The molecule has 0 unspecified atom stereocenters. The van der Waals surface area contributed by atoms with Crippen molar-refractivity contribution in [3.05, 3.63) is 35.3 Å². The Balaban J connectivity index is 2.09. The lowest BCUT2D eigenvalue weighted by molar-refractivity contribution is -0.204. The first kappa shape index (κ1) is 16.3. The first-order chi connectivity index (χ1) is 10.7. The molecule has 4 heteroatoms. The lowest BCUT2D eigenvalue weighted by Gasteiger charge is -2.57. The topological polar surface area (TPSA) is 59.7 Å². The normalized spacial score (nSPS) is 36.0. The molecule has 1 aromatic heterocycles. The molecule has 23 heavy (non-hydrogen) atoms. The lowest BCUT2D eigenvalue weighted by Crippen LogP contribution is -2.62. The van der Waals surface area contributed by atoms with E-state index in [0.29, 0.717) is 18.4 Å². The summed E-state index contributed by atoms with van der Waals surface area (Å²) in [4.78, 5) is 12.3. The summed E-state index contributed by atoms with van der Waals surface area (Å²) in [5, 5.41) is 10.4. The van der Waals surface area contributed by atoms with Gasteiger partial charge in [0.15, 0.2) is 0 Å². The largest absolute Gasteiger partial charge is 0.469 e. The molecule has 2 aliphatic carbocycles. The number of rotatable bonds is 2. The van der Waals surface area contributed by atoms with Crippen molar-refractivity contribution in [2.45, 2.75) is 65.1 Å². The Labute approximate surface area is 137 Å². The van der Waals surface area contributed by atoms with E-state index in [1.165, 1.54) is 5.56 Å². The minimum Gasteiger partial charge on any atom is -0.469 e. The summed E-state index contributed by atoms with van der Waals surface area (Å²) in [6, 6.07) is 0. The number of aryl methyl sites for hydroxylation is 1. The molecule has 0 aromatic carbocycles. The van der Waals surface area contributed by atoms with Gasteiger partial charge in [0.05, 0.1) is 12.4 Å². The Morgan fingerprint density at radius 1 is 1.48 bits per heavy atom. The highest BCUT2D eigenvalue weighted by molar-refractivity contribution is 5.87. The molecule has 0 radical (unpaired) electrons. The molecule has 0 aliphatic heterocycles. The van der Waals surface area contributed by atoms with Gasteiger partial charge in [-0.2, -0.15) is 0 Å². The van der Waals surface area contributed by atoms with Gasteiger partial charge >= 0.3 is 5.97 Å². The van der Waals surface area contributed by atoms with Crippen LogP contribution in [0.5, 0.6) is 0 Å². The molecule has 1 saturated carbocycles. The summed E-state index contributed by atoms with van der Waals surface area (Å²) in [7, 11) is 0. The molecular formula is C19H26O4. The Hall–Kier alpha value is -1.55. The third-order valence-corrected chi connectivity index (χ3v) is 6.14. The van der Waals surface area contributed by atoms with E-state index in [4.69, 9.17) is 9.15 Å². The first-order valence-corrected chi connectivity index (χ1v) is 8.31. The van der Waals surface area contributed by atoms with Crippen molar-refractivity contribution in [2.24, 2.45) is 11.3 Å². The zero-order chi connectivity index (χ0) is 17.0. The molecule has 0 amide bonds. The van der Waals surface area contributed by atoms with Crippen molar-refractivity contribution in [3.8, 4) is 0 Å². The molecule has 4 nitrogen and oxygen atoms in total. The molecule has 1 fully saturated rings. The first-order valence-electron chi connectivity index (χ1n) is 8.31. The van der Waals surface area contributed by atoms with Gasteiger partial charge in [0.25, 0.3) is 0 Å². The van der Waals surface area contributed by atoms with E-state index in [1.54, 1.807) is 13.2 Å². The van der Waals surface area contributed by atoms with Crippen LogP contribution in [0.15, 0.2) is 22.8 Å². The van der Waals surface area contributed by atoms with Crippen LogP contribution in [0.3, 0.4) is 0 Å². The average Bonchev–Trinajstić information content (AvgIpc) is 2.78. The molecule has 2 aliphatic rings. The number of hydrogen-bond acceptors (Lipinski definition) is 4. The summed E-state index contributed by atoms with van der Waals surface area (Å²) < 4.78 is 11.7. The minimum absolute atomic E-state index is 0.223. The zero-order valence-corrected chi connectivity index (χ0v) is 14.4. The maximum atomic E-state index is 12.3. The molecule has 4 atom stereocenters. The summed E-state index contributed by atoms with van der Waals surface area (Å²) >= 11 is 0. The summed E-state index contributed by atoms with van der Waals surface area (Å²) in [5.41, 5.74) is 1.81. The number of carbonyl (C=O) groups excluding carboxylic acids is 1. The van der Waals surface area contributed by atoms with Gasteiger partial charge in [-0.25, -0.2) is 4.79 Å². The van der Waals surface area contributed by atoms with Crippen LogP contribution in [0.1, 0.15) is 50.5 Å². The predicted octanol–water partition coefficient (Wildman–Crippen LogP) is 3.34. The number of esters is 1. The highest BCUT2D eigenvalue weighted by Crippen LogP contribution is 2.57. The fourth-order valence-corrected chi connectivity index (χ4v) is 4.42. The summed E-state index contributed by atoms with van der Waals surface area (Å²) in [6.45, 7) is 11.7. The Kier molecular flexibility index (Phi) is 3.71. The van der Waals surface area contributed by atoms with E-state index in [0.717, 1.165) is 24.2 Å². The fraction of sp³-hybridized carbons (Fsp3) is 0.632. The highest BCUT2D eigenvalue weighted by Gasteiger charge is 2.61. The maximum absolute atomic E-state index is 12.3. The monoisotopic (exact) mass is 318 g/mol. The fourth-order valence-electron chi connectivity index (χ4n) is 4.42. The van der Waals surface area contributed by atoms with Crippen LogP contribution >= 0.6 is 0 Å². The zero-order valence-electron chi connectivity index (χ0n) is 14.4. The van der Waals surface area contributed by atoms with Crippen LogP contribution in [-0.2, 0) is 22.4 Å². The van der Waals surface area contributed by atoms with Crippen LogP contribution in [0.2, 0.25) is 0 Å². The van der Waals surface area contributed by atoms with Gasteiger partial charge in [0, 0.05) is 23.8 Å². The Morgan fingerprint density at radius 2 is 2.17 bits per heavy atom. The van der Waals surface area contributed by atoms with Crippen LogP contribution in [0.4, 0.5) is 0 Å². The Bertz CT molecular complexity index is 658. The van der Waals surface area contributed by atoms with E-state index in [1.807, 2.05) is 0 Å². The second-order valence-corrected chi connectivity index (χ2v) is 7.75. The molecule has 126 valence electrons. The van der Waals surface area contributed by atoms with Gasteiger partial charge < -0.3 is 14.3 Å². The van der Waals surface area contributed by atoms with E-state index in [2.05, 4.69) is 27.4 Å². The van der Waals surface area contributed by atoms with Crippen molar-refractivity contribution >= 4 is 5.97 Å². The SMILES string of the molecule is C=C(C)C(=O)O[C@@]12Cc3occ(C)c3C[C@]1(C)[C@H](C)C[C@@H](O)C2. The molecule has 1 aromatic rings. The number of hydrogen-bond donors (Lipinski definition) is 1. The molecule has 1 heterocycles. The molecule has 3 rings (SSSR count). The second kappa shape index (κ2) is 5.23. The van der Waals surface area contributed by atoms with E-state index in [-0.39, 0.29) is 17.3 Å². The third kappa shape index (κ3) is 2.35. The Morgan fingerprint density at radius 3 is 2.83 bits per heavy atom. The molecule has 0 saturated heterocycles. The number of fused-ring (bicyclic) bond motifs is 2. The third-order valence-electron chi connectivity index (χ3n) is 6.14. The van der Waals surface area contributed by atoms with Crippen LogP contribution in [0.25, 0.3) is 0 Å². The van der Waals surface area contributed by atoms with Crippen molar-refractivity contribution in [1.82, 2.24) is 0 Å². The smallest absolute Gasteiger partial charge is 0.333 e. The number of aliphatic hydroxyl groups is 1. The van der Waals surface area contributed by atoms with E-state index >= 15 is 0 Å². The number of furan rings is 1. The maximum Gasteiger partial charge on any atom is 0.333 e. The standard InChI is InChI=1S/C19H26O4/c1-11(2)17(21)23-19-7-14(20)6-13(4)18(19,5)8-15-12(3)10-22-16(15)9-19/h10,13-14,20H,1,6-9H2,2-5H3/t13-,14-,18-,19+/m1/s1. The molecule has 0 spiro atoms. The number of ether oxygens (including phenoxy) is 1. The molecule has 0 bridgehead atoms. The minimum atomic E-state index is -0.739. The predicted molar refractivity (Wildman–Crippen MR) is 87.0 cm³/mol. The quantitative estimate of drug-likeness (QED) is 0.671. The van der Waals surface area contributed by atoms with Crippen molar-refractivity contribution in [2.75, 3.05) is 0 Å². The number of aliphatic hydroxyl groups excluding tert-OH is 1. The van der Waals surface area contributed by atoms with Crippen LogP contribution in [0, 0.1) is 18.3 Å². The number of carbonyl (C=O) groups is 1. The molecule has 1 N–H and O–H groups in total. The van der Waals surface area contributed by atoms with Crippen molar-refractivity contribution < 1.29 is 19.1 Å².